The van der Waals surface area contributed by atoms with Gasteiger partial charge >= 0.3 is 17.9 Å². The summed E-state index contributed by atoms with van der Waals surface area (Å²) in [6.45, 7) is 3.30. The van der Waals surface area contributed by atoms with Gasteiger partial charge in [-0.15, -0.1) is 0 Å². The summed E-state index contributed by atoms with van der Waals surface area (Å²) in [6.07, 6.45) is 3.57. The van der Waals surface area contributed by atoms with Crippen LogP contribution in [0.2, 0.25) is 0 Å². The minimum absolute atomic E-state index is 0.0354. The number of nitrogens with one attached hydrogen (secondary N) is 3. The van der Waals surface area contributed by atoms with E-state index >= 15 is 0 Å². The molecule has 1 heterocycles. The lowest BCUT2D eigenvalue weighted by atomic mass is 9.90. The second-order valence-electron chi connectivity index (χ2n) is 12.6. The minimum atomic E-state index is -1.38. The van der Waals surface area contributed by atoms with Crippen LogP contribution in [0.3, 0.4) is 0 Å². The number of benzene rings is 2. The summed E-state index contributed by atoms with van der Waals surface area (Å²) in [7, 11) is 3.40. The molecule has 3 rings (SSSR count). The van der Waals surface area contributed by atoms with E-state index in [1.807, 2.05) is 44.2 Å². The molecular weight excluding hydrogens is 744 g/mol. The van der Waals surface area contributed by atoms with Crippen molar-refractivity contribution in [3.8, 4) is 17.1 Å². The highest BCUT2D eigenvalue weighted by atomic mass is 16.7. The fraction of sp³-hybridized carbons (Fsp3) is 0.425. The minimum Gasteiger partial charge on any atom is -0.482 e. The maximum atomic E-state index is 13.6. The molecule has 0 radical (unpaired) electrons. The molecule has 3 aromatic rings. The van der Waals surface area contributed by atoms with Crippen LogP contribution >= 0.6 is 0 Å². The Hall–Kier alpha value is -6.23. The van der Waals surface area contributed by atoms with Crippen molar-refractivity contribution in [1.82, 2.24) is 21.0 Å². The summed E-state index contributed by atoms with van der Waals surface area (Å²) in [5.74, 6) is -4.82. The molecule has 2 aromatic carbocycles. The number of hydrogen-bond donors (Lipinski definition) is 3. The molecule has 0 aliphatic rings. The zero-order chi connectivity index (χ0) is 41.7. The first kappa shape index (κ1) is 45.2. The van der Waals surface area contributed by atoms with E-state index in [-0.39, 0.29) is 47.6 Å². The summed E-state index contributed by atoms with van der Waals surface area (Å²) in [5.41, 5.74) is 1.04. The molecule has 17 nitrogen and oxygen atoms in total. The molecule has 0 unspecified atom stereocenters. The Bertz CT molecular complexity index is 1810. The third kappa shape index (κ3) is 14.1. The monoisotopic (exact) mass is 794 g/mol. The average molecular weight is 795 g/mol. The number of ether oxygens (including phenoxy) is 4. The molecule has 57 heavy (non-hydrogen) atoms. The zero-order valence-electron chi connectivity index (χ0n) is 32.7. The summed E-state index contributed by atoms with van der Waals surface area (Å²) in [4.78, 5) is 93.9. The van der Waals surface area contributed by atoms with E-state index in [2.05, 4.69) is 25.4 Å². The van der Waals surface area contributed by atoms with Crippen LogP contribution in [0.1, 0.15) is 78.8 Å². The van der Waals surface area contributed by atoms with E-state index in [1.54, 1.807) is 0 Å². The summed E-state index contributed by atoms with van der Waals surface area (Å²) >= 11 is 0. The van der Waals surface area contributed by atoms with E-state index in [0.717, 1.165) is 39.0 Å². The van der Waals surface area contributed by atoms with E-state index in [0.29, 0.717) is 19.3 Å². The lowest BCUT2D eigenvalue weighted by Crippen LogP contribution is -2.48. The maximum absolute atomic E-state index is 13.6. The predicted molar refractivity (Wildman–Crippen MR) is 203 cm³/mol. The van der Waals surface area contributed by atoms with Crippen molar-refractivity contribution in [2.24, 2.45) is 5.92 Å². The number of hydrogen-bond acceptors (Lipinski definition) is 13. The fourth-order valence-electron chi connectivity index (χ4n) is 5.71. The lowest BCUT2D eigenvalue weighted by molar-refractivity contribution is -0.200. The molecule has 1 aromatic heterocycles. The highest BCUT2D eigenvalue weighted by Gasteiger charge is 2.32. The van der Waals surface area contributed by atoms with Gasteiger partial charge < -0.3 is 39.3 Å². The molecular formula is C40H50N4O13. The van der Waals surface area contributed by atoms with E-state index in [9.17, 15) is 33.6 Å². The predicted octanol–water partition coefficient (Wildman–Crippen LogP) is 3.70. The Morgan fingerprint density at radius 1 is 0.842 bits per heavy atom. The van der Waals surface area contributed by atoms with Crippen molar-refractivity contribution in [3.63, 3.8) is 0 Å². The van der Waals surface area contributed by atoms with Crippen LogP contribution in [0.25, 0.3) is 11.3 Å². The van der Waals surface area contributed by atoms with Gasteiger partial charge in [-0.3, -0.25) is 28.8 Å². The Morgan fingerprint density at radius 2 is 1.58 bits per heavy atom. The van der Waals surface area contributed by atoms with E-state index in [4.69, 9.17) is 18.7 Å². The number of esters is 3. The third-order valence-electron chi connectivity index (χ3n) is 8.76. The van der Waals surface area contributed by atoms with Crippen molar-refractivity contribution in [1.29, 1.82) is 0 Å². The van der Waals surface area contributed by atoms with E-state index in [1.165, 1.54) is 42.5 Å². The van der Waals surface area contributed by atoms with Crippen LogP contribution in [0.4, 0.5) is 0 Å². The molecule has 0 aliphatic carbocycles. The number of furan rings is 1. The van der Waals surface area contributed by atoms with Crippen LogP contribution in [0.5, 0.6) is 5.75 Å². The molecule has 3 atom stereocenters. The van der Waals surface area contributed by atoms with Crippen LogP contribution < -0.4 is 20.7 Å². The fourth-order valence-corrected chi connectivity index (χ4v) is 5.71. The first-order valence-corrected chi connectivity index (χ1v) is 18.3. The standard InChI is InChI=1S/C40H50N4O13/c1-6-8-10-15-30(32(7-2)44(25-45)56-22-26-13-11-9-12-14-26)38(49)41-24-42-39(50)34-17-16-33(57-34)27-18-28(20-29(19-27)55-23-36(47)53-4)37(48)43-31(40(51)54-5)21-35(46)52-3/h9,11-14,16-20,25,30-32H,6-8,10,15,21-24H2,1-5H3,(H,41,49)(H,42,50)(H,43,48)/t30-,31+,32-/m1/s1. The molecule has 17 heteroatoms. The largest absolute Gasteiger partial charge is 0.482 e. The Balaban J connectivity index is 1.75. The van der Waals surface area contributed by atoms with Gasteiger partial charge in [0.2, 0.25) is 12.3 Å². The third-order valence-corrected chi connectivity index (χ3v) is 8.76. The van der Waals surface area contributed by atoms with Crippen molar-refractivity contribution in [2.75, 3.05) is 34.6 Å². The van der Waals surface area contributed by atoms with Crippen LogP contribution in [-0.2, 0) is 49.6 Å². The zero-order valence-corrected chi connectivity index (χ0v) is 32.7. The molecule has 0 saturated carbocycles. The Morgan fingerprint density at radius 3 is 2.23 bits per heavy atom. The van der Waals surface area contributed by atoms with Gasteiger partial charge in [0.05, 0.1) is 46.4 Å². The number of amides is 4. The molecule has 308 valence electrons. The SMILES string of the molecule is CCCCC[C@@H](C(=O)NCNC(=O)c1ccc(-c2cc(OCC(=O)OC)cc(C(=O)N[C@@H](CC(=O)OC)C(=O)OC)c2)o1)[C@@H](CC)N(C=O)OCc1ccccc1. The van der Waals surface area contributed by atoms with Gasteiger partial charge in [0, 0.05) is 11.1 Å². The average Bonchev–Trinajstić information content (AvgIpc) is 3.74. The first-order chi connectivity index (χ1) is 27.5. The van der Waals surface area contributed by atoms with E-state index < -0.39 is 60.8 Å². The number of hydroxylamine groups is 2. The summed E-state index contributed by atoms with van der Waals surface area (Å²) in [5, 5.41) is 8.96. The van der Waals surface area contributed by atoms with Gasteiger partial charge in [0.25, 0.3) is 11.8 Å². The quantitative estimate of drug-likeness (QED) is 0.0295. The van der Waals surface area contributed by atoms with Crippen molar-refractivity contribution >= 4 is 42.0 Å². The smallest absolute Gasteiger partial charge is 0.343 e. The van der Waals surface area contributed by atoms with Crippen LogP contribution in [-0.4, -0.2) is 93.8 Å². The van der Waals surface area contributed by atoms with Gasteiger partial charge in [-0.2, -0.15) is 0 Å². The molecule has 0 spiro atoms. The molecule has 4 amide bonds. The van der Waals surface area contributed by atoms with Gasteiger partial charge in [0.15, 0.2) is 12.4 Å². The highest BCUT2D eigenvalue weighted by Crippen LogP contribution is 2.29. The number of unbranched alkanes of at least 4 members (excludes halogenated alkanes) is 2. The number of methoxy groups -OCH3 is 3. The van der Waals surface area contributed by atoms with Crippen LogP contribution in [0, 0.1) is 5.92 Å². The Labute approximate surface area is 330 Å². The topological polar surface area (TPSA) is 218 Å². The van der Waals surface area contributed by atoms with Crippen molar-refractivity contribution < 1.29 is 61.8 Å². The van der Waals surface area contributed by atoms with Gasteiger partial charge in [0.1, 0.15) is 24.2 Å². The normalized spacial score (nSPS) is 12.2. The second-order valence-corrected chi connectivity index (χ2v) is 12.6. The van der Waals surface area contributed by atoms with Gasteiger partial charge in [-0.1, -0.05) is 63.4 Å². The lowest BCUT2D eigenvalue weighted by Gasteiger charge is -2.32. The number of carbonyl (C=O) groups is 7. The number of rotatable bonds is 24. The van der Waals surface area contributed by atoms with Crippen LogP contribution in [0.15, 0.2) is 65.1 Å². The second kappa shape index (κ2) is 23.6. The number of nitrogens with zero attached hydrogens (tertiary/aromatic N) is 1. The van der Waals surface area contributed by atoms with Gasteiger partial charge in [-0.05, 0) is 48.7 Å². The first-order valence-electron chi connectivity index (χ1n) is 18.3. The molecule has 3 N–H and O–H groups in total. The molecule has 0 aliphatic heterocycles. The maximum Gasteiger partial charge on any atom is 0.343 e. The van der Waals surface area contributed by atoms with Crippen molar-refractivity contribution in [3.05, 3.63) is 77.6 Å². The summed E-state index contributed by atoms with van der Waals surface area (Å²) in [6, 6.07) is 14.3. The Kier molecular flexibility index (Phi) is 18.7. The van der Waals surface area contributed by atoms with Crippen molar-refractivity contribution in [2.45, 2.75) is 71.1 Å². The highest BCUT2D eigenvalue weighted by molar-refractivity contribution is 5.99. The molecule has 0 fully saturated rings. The molecule has 0 bridgehead atoms. The summed E-state index contributed by atoms with van der Waals surface area (Å²) < 4.78 is 25.3. The molecule has 0 saturated heterocycles. The number of carbonyl (C=O) groups excluding carboxylic acids is 7. The van der Waals surface area contributed by atoms with Gasteiger partial charge in [-0.25, -0.2) is 14.7 Å².